The minimum atomic E-state index is -4.04. The van der Waals surface area contributed by atoms with Crippen molar-refractivity contribution in [1.82, 2.24) is 4.98 Å². The second kappa shape index (κ2) is 6.53. The van der Waals surface area contributed by atoms with E-state index >= 15 is 0 Å². The molecule has 0 saturated carbocycles. The van der Waals surface area contributed by atoms with E-state index in [-0.39, 0.29) is 10.6 Å². The zero-order chi connectivity index (χ0) is 18.2. The molecule has 1 aromatic heterocycles. The maximum Gasteiger partial charge on any atom is 0.262 e. The third-order valence-corrected chi connectivity index (χ3v) is 5.85. The molecule has 0 saturated heterocycles. The van der Waals surface area contributed by atoms with Crippen LogP contribution in [-0.2, 0) is 10.0 Å². The molecule has 0 radical (unpaired) electrons. The Labute approximate surface area is 148 Å². The van der Waals surface area contributed by atoms with Gasteiger partial charge in [0.15, 0.2) is 0 Å². The molecule has 0 atom stereocenters. The number of aromatic nitrogens is 1. The first-order valence-electron chi connectivity index (χ1n) is 7.27. The summed E-state index contributed by atoms with van der Waals surface area (Å²) in [4.78, 5) is 4.36. The summed E-state index contributed by atoms with van der Waals surface area (Å²) >= 11 is 1.46. The van der Waals surface area contributed by atoms with Gasteiger partial charge in [-0.25, -0.2) is 22.2 Å². The van der Waals surface area contributed by atoms with Gasteiger partial charge in [0.2, 0.25) is 0 Å². The van der Waals surface area contributed by atoms with E-state index in [0.717, 1.165) is 17.1 Å². The van der Waals surface area contributed by atoms with Gasteiger partial charge in [0.05, 0.1) is 21.3 Å². The summed E-state index contributed by atoms with van der Waals surface area (Å²) in [6, 6.07) is 7.60. The average Bonchev–Trinajstić information content (AvgIpc) is 2.97. The summed E-state index contributed by atoms with van der Waals surface area (Å²) in [5, 5.41) is 2.70. The Morgan fingerprint density at radius 1 is 1.08 bits per heavy atom. The number of hydrogen-bond donors (Lipinski definition) is 1. The molecule has 0 aliphatic heterocycles. The summed E-state index contributed by atoms with van der Waals surface area (Å²) in [5.41, 5.74) is 1.52. The summed E-state index contributed by atoms with van der Waals surface area (Å²) < 4.78 is 54.2. The van der Waals surface area contributed by atoms with Gasteiger partial charge in [0, 0.05) is 17.0 Å². The van der Waals surface area contributed by atoms with Gasteiger partial charge in [-0.05, 0) is 37.6 Å². The standard InChI is InChI=1S/C17H14F2N2O2S2/c1-10-3-4-12(16-9-24-11(2)20-16)7-17(10)25(22,23)21-15-6-5-13(18)8-14(15)19/h3-9,21H,1-2H3. The van der Waals surface area contributed by atoms with E-state index < -0.39 is 21.7 Å². The van der Waals surface area contributed by atoms with Crippen LogP contribution in [0.25, 0.3) is 11.3 Å². The Kier molecular flexibility index (Phi) is 4.57. The SMILES string of the molecule is Cc1nc(-c2ccc(C)c(S(=O)(=O)Nc3ccc(F)cc3F)c2)cs1. The molecule has 4 nitrogen and oxygen atoms in total. The number of halogens is 2. The van der Waals surface area contributed by atoms with Crippen LogP contribution in [0, 0.1) is 25.5 Å². The lowest BCUT2D eigenvalue weighted by atomic mass is 10.1. The number of hydrogen-bond acceptors (Lipinski definition) is 4. The zero-order valence-electron chi connectivity index (χ0n) is 13.4. The number of sulfonamides is 1. The summed E-state index contributed by atoms with van der Waals surface area (Å²) in [7, 11) is -4.04. The predicted octanol–water partition coefficient (Wildman–Crippen LogP) is 4.51. The highest BCUT2D eigenvalue weighted by atomic mass is 32.2. The van der Waals surface area contributed by atoms with Crippen molar-refractivity contribution < 1.29 is 17.2 Å². The van der Waals surface area contributed by atoms with Crippen molar-refractivity contribution in [2.75, 3.05) is 4.72 Å². The van der Waals surface area contributed by atoms with Crippen LogP contribution in [0.5, 0.6) is 0 Å². The fraction of sp³-hybridized carbons (Fsp3) is 0.118. The van der Waals surface area contributed by atoms with Crippen molar-refractivity contribution in [3.05, 3.63) is 64.0 Å². The molecule has 2 aromatic carbocycles. The van der Waals surface area contributed by atoms with E-state index in [1.54, 1.807) is 19.1 Å². The van der Waals surface area contributed by atoms with E-state index in [9.17, 15) is 17.2 Å². The molecule has 0 aliphatic rings. The van der Waals surface area contributed by atoms with E-state index in [2.05, 4.69) is 9.71 Å². The molecule has 1 N–H and O–H groups in total. The number of nitrogens with zero attached hydrogens (tertiary/aromatic N) is 1. The fourth-order valence-electron chi connectivity index (χ4n) is 2.32. The highest BCUT2D eigenvalue weighted by molar-refractivity contribution is 7.92. The van der Waals surface area contributed by atoms with Crippen LogP contribution >= 0.6 is 11.3 Å². The number of thiazole rings is 1. The highest BCUT2D eigenvalue weighted by Gasteiger charge is 2.20. The topological polar surface area (TPSA) is 59.1 Å². The third kappa shape index (κ3) is 3.69. The van der Waals surface area contributed by atoms with Gasteiger partial charge in [-0.2, -0.15) is 0 Å². The lowest BCUT2D eigenvalue weighted by Crippen LogP contribution is -2.15. The number of rotatable bonds is 4. The number of nitrogens with one attached hydrogen (secondary N) is 1. The van der Waals surface area contributed by atoms with E-state index in [1.807, 2.05) is 12.3 Å². The lowest BCUT2D eigenvalue weighted by Gasteiger charge is -2.12. The first-order chi connectivity index (χ1) is 11.8. The molecule has 3 aromatic rings. The van der Waals surface area contributed by atoms with Crippen molar-refractivity contribution >= 4 is 27.0 Å². The van der Waals surface area contributed by atoms with Crippen LogP contribution in [0.1, 0.15) is 10.6 Å². The Morgan fingerprint density at radius 2 is 1.84 bits per heavy atom. The second-order valence-corrected chi connectivity index (χ2v) is 8.17. The van der Waals surface area contributed by atoms with Crippen LogP contribution in [0.3, 0.4) is 0 Å². The highest BCUT2D eigenvalue weighted by Crippen LogP contribution is 2.28. The summed E-state index contributed by atoms with van der Waals surface area (Å²) in [6.07, 6.45) is 0. The number of benzene rings is 2. The first kappa shape index (κ1) is 17.5. The Hall–Kier alpha value is -2.32. The van der Waals surface area contributed by atoms with E-state index in [4.69, 9.17) is 0 Å². The molecular formula is C17H14F2N2O2S2. The number of anilines is 1. The molecule has 130 valence electrons. The Balaban J connectivity index is 2.01. The van der Waals surface area contributed by atoms with Crippen molar-refractivity contribution in [1.29, 1.82) is 0 Å². The van der Waals surface area contributed by atoms with Crippen molar-refractivity contribution in [3.8, 4) is 11.3 Å². The molecular weight excluding hydrogens is 366 g/mol. The molecule has 0 aliphatic carbocycles. The van der Waals surface area contributed by atoms with Gasteiger partial charge in [0.1, 0.15) is 11.6 Å². The zero-order valence-corrected chi connectivity index (χ0v) is 15.0. The maximum absolute atomic E-state index is 13.8. The number of aryl methyl sites for hydroxylation is 2. The van der Waals surface area contributed by atoms with Gasteiger partial charge >= 0.3 is 0 Å². The average molecular weight is 380 g/mol. The van der Waals surface area contributed by atoms with Gasteiger partial charge in [-0.15, -0.1) is 11.3 Å². The van der Waals surface area contributed by atoms with Gasteiger partial charge < -0.3 is 0 Å². The van der Waals surface area contributed by atoms with Gasteiger partial charge in [-0.1, -0.05) is 12.1 Å². The molecule has 8 heteroatoms. The fourth-order valence-corrected chi connectivity index (χ4v) is 4.28. The normalized spacial score (nSPS) is 11.5. The van der Waals surface area contributed by atoms with Gasteiger partial charge in [0.25, 0.3) is 10.0 Å². The van der Waals surface area contributed by atoms with Crippen LogP contribution in [0.15, 0.2) is 46.7 Å². The second-order valence-electron chi connectivity index (χ2n) is 5.46. The van der Waals surface area contributed by atoms with Gasteiger partial charge in [-0.3, -0.25) is 4.72 Å². The largest absolute Gasteiger partial charge is 0.277 e. The minimum Gasteiger partial charge on any atom is -0.277 e. The van der Waals surface area contributed by atoms with Crippen molar-refractivity contribution in [2.45, 2.75) is 18.7 Å². The van der Waals surface area contributed by atoms with Crippen molar-refractivity contribution in [2.24, 2.45) is 0 Å². The van der Waals surface area contributed by atoms with Crippen LogP contribution in [-0.4, -0.2) is 13.4 Å². The van der Waals surface area contributed by atoms with Crippen LogP contribution in [0.4, 0.5) is 14.5 Å². The smallest absolute Gasteiger partial charge is 0.262 e. The van der Waals surface area contributed by atoms with E-state index in [0.29, 0.717) is 22.9 Å². The maximum atomic E-state index is 13.8. The third-order valence-electron chi connectivity index (χ3n) is 3.57. The molecule has 0 bridgehead atoms. The minimum absolute atomic E-state index is 0.0133. The molecule has 0 spiro atoms. The molecule has 1 heterocycles. The van der Waals surface area contributed by atoms with Crippen molar-refractivity contribution in [3.63, 3.8) is 0 Å². The Bertz CT molecular complexity index is 1050. The van der Waals surface area contributed by atoms with E-state index in [1.165, 1.54) is 17.4 Å². The van der Waals surface area contributed by atoms with Crippen LogP contribution in [0.2, 0.25) is 0 Å². The predicted molar refractivity (Wildman–Crippen MR) is 94.2 cm³/mol. The molecule has 0 amide bonds. The summed E-state index contributed by atoms with van der Waals surface area (Å²) in [6.45, 7) is 3.50. The monoisotopic (exact) mass is 380 g/mol. The molecule has 25 heavy (non-hydrogen) atoms. The molecule has 0 unspecified atom stereocenters. The summed E-state index contributed by atoms with van der Waals surface area (Å²) in [5.74, 6) is -1.76. The quantitative estimate of drug-likeness (QED) is 0.725. The van der Waals surface area contributed by atoms with Crippen LogP contribution < -0.4 is 4.72 Å². The molecule has 0 fully saturated rings. The molecule has 3 rings (SSSR count). The first-order valence-corrected chi connectivity index (χ1v) is 9.63. The lowest BCUT2D eigenvalue weighted by molar-refractivity contribution is 0.582. The Morgan fingerprint density at radius 3 is 2.48 bits per heavy atom.